The molecule has 1 fully saturated rings. The van der Waals surface area contributed by atoms with E-state index in [4.69, 9.17) is 11.6 Å². The van der Waals surface area contributed by atoms with Crippen LogP contribution in [-0.4, -0.2) is 34.6 Å². The first-order chi connectivity index (χ1) is 17.5. The van der Waals surface area contributed by atoms with Crippen LogP contribution < -0.4 is 5.32 Å². The zero-order valence-electron chi connectivity index (χ0n) is 20.7. The highest BCUT2D eigenvalue weighted by Gasteiger charge is 2.32. The smallest absolute Gasteiger partial charge is 0.243 e. The van der Waals surface area contributed by atoms with Gasteiger partial charge in [0.25, 0.3) is 0 Å². The molecule has 6 heteroatoms. The molecule has 1 N–H and O–H groups in total. The monoisotopic (exact) mass is 520 g/mol. The van der Waals surface area contributed by atoms with Gasteiger partial charge in [-0.05, 0) is 55.2 Å². The van der Waals surface area contributed by atoms with Gasteiger partial charge < -0.3 is 10.2 Å². The lowest BCUT2D eigenvalue weighted by atomic mass is 10.0. The number of hydrogen-bond donors (Lipinski definition) is 1. The molecule has 0 bridgehead atoms. The van der Waals surface area contributed by atoms with Crippen molar-refractivity contribution in [1.82, 2.24) is 10.2 Å². The molecule has 36 heavy (non-hydrogen) atoms. The van der Waals surface area contributed by atoms with Gasteiger partial charge in [-0.25, -0.2) is 0 Å². The SMILES string of the molecule is Cc1cccc(CN(C(=O)CSc2ccc(Cl)cc2)[C@H](Cc2ccccc2)C(=O)NC2CCCC2)c1. The number of hydrogen-bond acceptors (Lipinski definition) is 3. The van der Waals surface area contributed by atoms with Gasteiger partial charge in [0.2, 0.25) is 11.8 Å². The molecular formula is C30H33ClN2O2S. The summed E-state index contributed by atoms with van der Waals surface area (Å²) in [6.45, 7) is 2.43. The molecule has 0 heterocycles. The van der Waals surface area contributed by atoms with Crippen LogP contribution >= 0.6 is 23.4 Å². The van der Waals surface area contributed by atoms with Gasteiger partial charge in [-0.3, -0.25) is 9.59 Å². The molecule has 2 amide bonds. The molecule has 188 valence electrons. The van der Waals surface area contributed by atoms with Gasteiger partial charge in [-0.15, -0.1) is 11.8 Å². The summed E-state index contributed by atoms with van der Waals surface area (Å²) in [6, 6.07) is 25.2. The third-order valence-corrected chi connectivity index (χ3v) is 7.83. The summed E-state index contributed by atoms with van der Waals surface area (Å²) in [7, 11) is 0. The summed E-state index contributed by atoms with van der Waals surface area (Å²) in [5.41, 5.74) is 3.19. The van der Waals surface area contributed by atoms with Gasteiger partial charge in [0, 0.05) is 28.9 Å². The molecular weight excluding hydrogens is 488 g/mol. The van der Waals surface area contributed by atoms with Crippen LogP contribution in [0.2, 0.25) is 5.02 Å². The molecule has 1 saturated carbocycles. The van der Waals surface area contributed by atoms with Crippen molar-refractivity contribution < 1.29 is 9.59 Å². The van der Waals surface area contributed by atoms with Crippen LogP contribution in [-0.2, 0) is 22.6 Å². The van der Waals surface area contributed by atoms with Crippen molar-refractivity contribution in [3.05, 3.63) is 101 Å². The second-order valence-corrected chi connectivity index (χ2v) is 10.9. The second-order valence-electron chi connectivity index (χ2n) is 9.45. The minimum atomic E-state index is -0.591. The number of benzene rings is 3. The average molecular weight is 521 g/mol. The lowest BCUT2D eigenvalue weighted by Crippen LogP contribution is -2.52. The molecule has 0 saturated heterocycles. The maximum Gasteiger partial charge on any atom is 0.243 e. The standard InChI is InChI=1S/C30H33ClN2O2S/c1-22-8-7-11-24(18-22)20-33(29(34)21-36-27-16-14-25(31)15-17-27)28(19-23-9-3-2-4-10-23)30(35)32-26-12-5-6-13-26/h2-4,7-11,14-18,26,28H,5-6,12-13,19-21H2,1H3,(H,32,35)/t28-/m1/s1. The molecule has 0 spiro atoms. The maximum absolute atomic E-state index is 13.7. The van der Waals surface area contributed by atoms with E-state index >= 15 is 0 Å². The van der Waals surface area contributed by atoms with Crippen molar-refractivity contribution in [2.24, 2.45) is 0 Å². The summed E-state index contributed by atoms with van der Waals surface area (Å²) in [5.74, 6) is 0.123. The van der Waals surface area contributed by atoms with E-state index in [1.54, 1.807) is 4.90 Å². The summed E-state index contributed by atoms with van der Waals surface area (Å²) in [6.07, 6.45) is 4.75. The van der Waals surface area contributed by atoms with Gasteiger partial charge >= 0.3 is 0 Å². The molecule has 0 aliphatic heterocycles. The molecule has 0 unspecified atom stereocenters. The Morgan fingerprint density at radius 3 is 2.36 bits per heavy atom. The molecule has 1 atom stereocenters. The predicted molar refractivity (Wildman–Crippen MR) is 148 cm³/mol. The fraction of sp³-hybridized carbons (Fsp3) is 0.333. The highest BCUT2D eigenvalue weighted by molar-refractivity contribution is 8.00. The quantitative estimate of drug-likeness (QED) is 0.313. The third-order valence-electron chi connectivity index (χ3n) is 6.58. The number of nitrogens with zero attached hydrogens (tertiary/aromatic N) is 1. The van der Waals surface area contributed by atoms with Crippen LogP contribution in [0.15, 0.2) is 83.8 Å². The number of carbonyl (C=O) groups excluding carboxylic acids is 2. The van der Waals surface area contributed by atoms with Crippen LogP contribution in [0.4, 0.5) is 0 Å². The van der Waals surface area contributed by atoms with Gasteiger partial charge in [0.1, 0.15) is 6.04 Å². The second kappa shape index (κ2) is 13.0. The minimum absolute atomic E-state index is 0.0565. The summed E-state index contributed by atoms with van der Waals surface area (Å²) in [4.78, 5) is 30.2. The summed E-state index contributed by atoms with van der Waals surface area (Å²) >= 11 is 7.49. The fourth-order valence-corrected chi connectivity index (χ4v) is 5.60. The lowest BCUT2D eigenvalue weighted by molar-refractivity contribution is -0.139. The van der Waals surface area contributed by atoms with Gasteiger partial charge in [-0.1, -0.05) is 84.6 Å². The van der Waals surface area contributed by atoms with E-state index in [0.29, 0.717) is 18.0 Å². The first-order valence-corrected chi connectivity index (χ1v) is 13.9. The molecule has 1 aliphatic carbocycles. The number of thioether (sulfide) groups is 1. The van der Waals surface area contributed by atoms with E-state index < -0.39 is 6.04 Å². The van der Waals surface area contributed by atoms with Crippen LogP contribution in [0.1, 0.15) is 42.4 Å². The number of halogens is 1. The Hall–Kier alpha value is -2.76. The Morgan fingerprint density at radius 1 is 0.972 bits per heavy atom. The van der Waals surface area contributed by atoms with Crippen LogP contribution in [0, 0.1) is 6.92 Å². The molecule has 3 aromatic carbocycles. The Kier molecular flexibility index (Phi) is 9.48. The number of aryl methyl sites for hydroxylation is 1. The van der Waals surface area contributed by atoms with Crippen molar-refractivity contribution in [3.8, 4) is 0 Å². The van der Waals surface area contributed by atoms with Crippen molar-refractivity contribution >= 4 is 35.2 Å². The molecule has 0 radical (unpaired) electrons. The van der Waals surface area contributed by atoms with E-state index in [2.05, 4.69) is 11.4 Å². The topological polar surface area (TPSA) is 49.4 Å². The first-order valence-electron chi connectivity index (χ1n) is 12.6. The number of amides is 2. The van der Waals surface area contributed by atoms with Crippen LogP contribution in [0.5, 0.6) is 0 Å². The number of nitrogens with one attached hydrogen (secondary N) is 1. The molecule has 1 aliphatic rings. The zero-order valence-corrected chi connectivity index (χ0v) is 22.2. The highest BCUT2D eigenvalue weighted by atomic mass is 35.5. The van der Waals surface area contributed by atoms with Gasteiger partial charge in [0.05, 0.1) is 5.75 Å². The van der Waals surface area contributed by atoms with E-state index in [0.717, 1.165) is 47.3 Å². The van der Waals surface area contributed by atoms with Crippen molar-refractivity contribution in [2.45, 2.75) is 62.6 Å². The molecule has 0 aromatic heterocycles. The van der Waals surface area contributed by atoms with Crippen LogP contribution in [0.25, 0.3) is 0 Å². The molecule has 3 aromatic rings. The molecule has 4 rings (SSSR count). The summed E-state index contributed by atoms with van der Waals surface area (Å²) < 4.78 is 0. The van der Waals surface area contributed by atoms with Gasteiger partial charge in [0.15, 0.2) is 0 Å². The van der Waals surface area contributed by atoms with E-state index in [9.17, 15) is 9.59 Å². The van der Waals surface area contributed by atoms with Crippen LogP contribution in [0.3, 0.4) is 0 Å². The van der Waals surface area contributed by atoms with E-state index in [-0.39, 0.29) is 23.6 Å². The Labute approximate surface area is 223 Å². The lowest BCUT2D eigenvalue weighted by Gasteiger charge is -2.32. The maximum atomic E-state index is 13.7. The Bertz CT molecular complexity index is 1150. The number of rotatable bonds is 10. The highest BCUT2D eigenvalue weighted by Crippen LogP contribution is 2.24. The average Bonchev–Trinajstić information content (AvgIpc) is 3.39. The summed E-state index contributed by atoms with van der Waals surface area (Å²) in [5, 5.41) is 3.92. The Balaban J connectivity index is 1.60. The van der Waals surface area contributed by atoms with Crippen molar-refractivity contribution in [1.29, 1.82) is 0 Å². The normalized spacial score (nSPS) is 14.4. The first kappa shape index (κ1) is 26.3. The van der Waals surface area contributed by atoms with Crippen molar-refractivity contribution in [3.63, 3.8) is 0 Å². The third kappa shape index (κ3) is 7.62. The van der Waals surface area contributed by atoms with E-state index in [1.807, 2.05) is 79.7 Å². The number of carbonyl (C=O) groups is 2. The zero-order chi connectivity index (χ0) is 25.3. The Morgan fingerprint density at radius 2 is 1.67 bits per heavy atom. The molecule has 4 nitrogen and oxygen atoms in total. The minimum Gasteiger partial charge on any atom is -0.352 e. The largest absolute Gasteiger partial charge is 0.352 e. The van der Waals surface area contributed by atoms with Gasteiger partial charge in [-0.2, -0.15) is 0 Å². The fourth-order valence-electron chi connectivity index (χ4n) is 4.69. The van der Waals surface area contributed by atoms with E-state index in [1.165, 1.54) is 11.8 Å². The predicted octanol–water partition coefficient (Wildman–Crippen LogP) is 6.44. The van der Waals surface area contributed by atoms with Crippen molar-refractivity contribution in [2.75, 3.05) is 5.75 Å².